The van der Waals surface area contributed by atoms with E-state index in [2.05, 4.69) is 42.3 Å². The van der Waals surface area contributed by atoms with E-state index < -0.39 is 0 Å². The lowest BCUT2D eigenvalue weighted by atomic mass is 10.1. The monoisotopic (exact) mass is 221 g/mol. The van der Waals surface area contributed by atoms with Gasteiger partial charge in [-0.25, -0.2) is 0 Å². The van der Waals surface area contributed by atoms with Crippen LogP contribution in [0.2, 0.25) is 0 Å². The molecule has 92 valence electrons. The Labute approximate surface area is 101 Å². The van der Waals surface area contributed by atoms with Crippen molar-refractivity contribution >= 4 is 0 Å². The number of likely N-dealkylation sites (tertiary alicyclic amines) is 1. The van der Waals surface area contributed by atoms with Crippen molar-refractivity contribution in [1.82, 2.24) is 4.90 Å². The number of hydrogen-bond acceptors (Lipinski definition) is 1. The second kappa shape index (κ2) is 9.41. The molecule has 0 aliphatic carbocycles. The standard InChI is InChI=1S/C11H15N.2C2H6/c1-12-9-5-8-11(12)10-6-3-2-4-7-10;2*1-2/h2-4,6-7,11H,5,8-9H2,1H3;2*1-2H3. The van der Waals surface area contributed by atoms with Gasteiger partial charge in [0, 0.05) is 6.04 Å². The van der Waals surface area contributed by atoms with Gasteiger partial charge in [0.05, 0.1) is 0 Å². The van der Waals surface area contributed by atoms with Crippen molar-refractivity contribution in [2.45, 2.75) is 46.6 Å². The summed E-state index contributed by atoms with van der Waals surface area (Å²) in [6, 6.07) is 11.5. The Balaban J connectivity index is 0.000000509. The highest BCUT2D eigenvalue weighted by Crippen LogP contribution is 2.29. The lowest BCUT2D eigenvalue weighted by Gasteiger charge is -2.19. The van der Waals surface area contributed by atoms with Gasteiger partial charge >= 0.3 is 0 Å². The summed E-state index contributed by atoms with van der Waals surface area (Å²) in [5.41, 5.74) is 1.47. The molecule has 0 spiro atoms. The van der Waals surface area contributed by atoms with E-state index >= 15 is 0 Å². The number of nitrogens with zero attached hydrogens (tertiary/aromatic N) is 1. The van der Waals surface area contributed by atoms with Crippen LogP contribution in [0.15, 0.2) is 30.3 Å². The first-order valence-electron chi connectivity index (χ1n) is 6.63. The van der Waals surface area contributed by atoms with E-state index in [1.807, 2.05) is 27.7 Å². The SMILES string of the molecule is CC.CC.CN1CCCC1c1ccccc1. The van der Waals surface area contributed by atoms with Crippen LogP contribution in [0.1, 0.15) is 52.1 Å². The first-order valence-corrected chi connectivity index (χ1v) is 6.63. The fourth-order valence-electron chi connectivity index (χ4n) is 2.01. The van der Waals surface area contributed by atoms with Gasteiger partial charge in [0.25, 0.3) is 0 Å². The first-order chi connectivity index (χ1) is 7.88. The summed E-state index contributed by atoms with van der Waals surface area (Å²) >= 11 is 0. The molecule has 1 unspecified atom stereocenters. The van der Waals surface area contributed by atoms with Crippen molar-refractivity contribution in [2.24, 2.45) is 0 Å². The van der Waals surface area contributed by atoms with Crippen LogP contribution in [0, 0.1) is 0 Å². The summed E-state index contributed by atoms with van der Waals surface area (Å²) in [4.78, 5) is 2.44. The Morgan fingerprint density at radius 3 is 2.00 bits per heavy atom. The predicted molar refractivity (Wildman–Crippen MR) is 73.7 cm³/mol. The highest BCUT2D eigenvalue weighted by molar-refractivity contribution is 5.19. The number of hydrogen-bond donors (Lipinski definition) is 0. The van der Waals surface area contributed by atoms with Crippen LogP contribution in [0.25, 0.3) is 0 Å². The second-order valence-corrected chi connectivity index (χ2v) is 3.55. The van der Waals surface area contributed by atoms with Gasteiger partial charge < -0.3 is 0 Å². The van der Waals surface area contributed by atoms with Gasteiger partial charge in [0.15, 0.2) is 0 Å². The molecular weight excluding hydrogens is 194 g/mol. The molecule has 1 nitrogen and oxygen atoms in total. The summed E-state index contributed by atoms with van der Waals surface area (Å²) < 4.78 is 0. The zero-order chi connectivity index (χ0) is 12.4. The molecule has 2 rings (SSSR count). The van der Waals surface area contributed by atoms with Crippen LogP contribution in [0.5, 0.6) is 0 Å². The molecule has 0 saturated carbocycles. The molecule has 0 N–H and O–H groups in total. The van der Waals surface area contributed by atoms with Crippen molar-refractivity contribution in [3.8, 4) is 0 Å². The minimum atomic E-state index is 0.672. The zero-order valence-electron chi connectivity index (χ0n) is 11.5. The molecule has 1 aromatic carbocycles. The molecule has 1 heteroatoms. The molecule has 0 aromatic heterocycles. The van der Waals surface area contributed by atoms with E-state index in [4.69, 9.17) is 0 Å². The van der Waals surface area contributed by atoms with Crippen LogP contribution in [-0.2, 0) is 0 Å². The molecule has 1 heterocycles. The Kier molecular flexibility index (Phi) is 8.93. The highest BCUT2D eigenvalue weighted by Gasteiger charge is 2.21. The van der Waals surface area contributed by atoms with Crippen molar-refractivity contribution in [1.29, 1.82) is 0 Å². The van der Waals surface area contributed by atoms with Crippen molar-refractivity contribution in [3.63, 3.8) is 0 Å². The normalized spacial score (nSPS) is 19.2. The Hall–Kier alpha value is -0.820. The van der Waals surface area contributed by atoms with Gasteiger partial charge in [0.1, 0.15) is 0 Å². The first kappa shape index (κ1) is 15.2. The van der Waals surface area contributed by atoms with E-state index in [0.717, 1.165) is 0 Å². The molecule has 0 radical (unpaired) electrons. The van der Waals surface area contributed by atoms with Gasteiger partial charge in [-0.1, -0.05) is 58.0 Å². The van der Waals surface area contributed by atoms with Crippen LogP contribution in [0.3, 0.4) is 0 Å². The summed E-state index contributed by atoms with van der Waals surface area (Å²) in [5.74, 6) is 0. The van der Waals surface area contributed by atoms with Crippen LogP contribution < -0.4 is 0 Å². The maximum absolute atomic E-state index is 2.44. The summed E-state index contributed by atoms with van der Waals surface area (Å²) in [5, 5.41) is 0. The predicted octanol–water partition coefficient (Wildman–Crippen LogP) is 4.51. The van der Waals surface area contributed by atoms with E-state index in [-0.39, 0.29) is 0 Å². The van der Waals surface area contributed by atoms with E-state index in [1.54, 1.807) is 0 Å². The van der Waals surface area contributed by atoms with Gasteiger partial charge in [-0.15, -0.1) is 0 Å². The Bertz CT molecular complexity index is 243. The molecule has 1 fully saturated rings. The largest absolute Gasteiger partial charge is 0.299 e. The third-order valence-corrected chi connectivity index (χ3v) is 2.70. The number of benzene rings is 1. The molecular formula is C15H27N. The minimum absolute atomic E-state index is 0.672. The Morgan fingerprint density at radius 1 is 1.00 bits per heavy atom. The zero-order valence-corrected chi connectivity index (χ0v) is 11.5. The molecule has 0 amide bonds. The molecule has 1 atom stereocenters. The molecule has 1 aliphatic rings. The average Bonchev–Trinajstić information content (AvgIpc) is 2.82. The van der Waals surface area contributed by atoms with Gasteiger partial charge in [0.2, 0.25) is 0 Å². The van der Waals surface area contributed by atoms with Crippen molar-refractivity contribution in [2.75, 3.05) is 13.6 Å². The Morgan fingerprint density at radius 2 is 1.56 bits per heavy atom. The van der Waals surface area contributed by atoms with Crippen LogP contribution in [0.4, 0.5) is 0 Å². The van der Waals surface area contributed by atoms with E-state index in [0.29, 0.717) is 6.04 Å². The second-order valence-electron chi connectivity index (χ2n) is 3.55. The minimum Gasteiger partial charge on any atom is -0.299 e. The molecule has 1 saturated heterocycles. The third-order valence-electron chi connectivity index (χ3n) is 2.70. The maximum atomic E-state index is 2.44. The van der Waals surface area contributed by atoms with Gasteiger partial charge in [-0.05, 0) is 32.0 Å². The summed E-state index contributed by atoms with van der Waals surface area (Å²) in [7, 11) is 2.21. The lowest BCUT2D eigenvalue weighted by molar-refractivity contribution is 0.317. The fourth-order valence-corrected chi connectivity index (χ4v) is 2.01. The maximum Gasteiger partial charge on any atom is 0.0345 e. The summed E-state index contributed by atoms with van der Waals surface area (Å²) in [6.45, 7) is 9.25. The third kappa shape index (κ3) is 4.36. The molecule has 16 heavy (non-hydrogen) atoms. The quantitative estimate of drug-likeness (QED) is 0.674. The smallest absolute Gasteiger partial charge is 0.0345 e. The molecule has 1 aliphatic heterocycles. The van der Waals surface area contributed by atoms with E-state index in [1.165, 1.54) is 24.9 Å². The summed E-state index contributed by atoms with van der Waals surface area (Å²) in [6.07, 6.45) is 2.66. The molecule has 1 aromatic rings. The molecule has 0 bridgehead atoms. The lowest BCUT2D eigenvalue weighted by Crippen LogP contribution is -2.17. The van der Waals surface area contributed by atoms with Crippen LogP contribution >= 0.6 is 0 Å². The van der Waals surface area contributed by atoms with Gasteiger partial charge in [-0.2, -0.15) is 0 Å². The average molecular weight is 221 g/mol. The van der Waals surface area contributed by atoms with Crippen molar-refractivity contribution in [3.05, 3.63) is 35.9 Å². The van der Waals surface area contributed by atoms with Crippen molar-refractivity contribution < 1.29 is 0 Å². The van der Waals surface area contributed by atoms with Crippen LogP contribution in [-0.4, -0.2) is 18.5 Å². The topological polar surface area (TPSA) is 3.24 Å². The number of rotatable bonds is 1. The fraction of sp³-hybridized carbons (Fsp3) is 0.600. The highest BCUT2D eigenvalue weighted by atomic mass is 15.1. The van der Waals surface area contributed by atoms with Gasteiger partial charge in [-0.3, -0.25) is 4.90 Å². The van der Waals surface area contributed by atoms with E-state index in [9.17, 15) is 0 Å².